The molecule has 0 bridgehead atoms. The summed E-state index contributed by atoms with van der Waals surface area (Å²) in [6.07, 6.45) is 2.11. The van der Waals surface area contributed by atoms with Crippen LogP contribution in [0.2, 0.25) is 5.02 Å². The average Bonchev–Trinajstić information content (AvgIpc) is 2.90. The number of hydrogen-bond acceptors (Lipinski definition) is 4. The zero-order valence-electron chi connectivity index (χ0n) is 9.90. The van der Waals surface area contributed by atoms with Crippen molar-refractivity contribution >= 4 is 11.6 Å². The van der Waals surface area contributed by atoms with E-state index in [2.05, 4.69) is 15.5 Å². The standard InChI is InChI=1S/C13H14ClN3O/c14-11-4-2-1-3-10(11)13-16-12(17-18-13)9-5-7-15-8-6-9/h1-4,9,15H,5-8H2. The minimum absolute atomic E-state index is 0.395. The first-order chi connectivity index (χ1) is 8.84. The van der Waals surface area contributed by atoms with Crippen molar-refractivity contribution in [2.45, 2.75) is 18.8 Å². The lowest BCUT2D eigenvalue weighted by molar-refractivity contribution is 0.392. The highest BCUT2D eigenvalue weighted by atomic mass is 35.5. The Morgan fingerprint density at radius 2 is 2.00 bits per heavy atom. The van der Waals surface area contributed by atoms with Gasteiger partial charge in [-0.05, 0) is 38.1 Å². The van der Waals surface area contributed by atoms with Gasteiger partial charge in [0.05, 0.1) is 10.6 Å². The molecule has 2 heterocycles. The Morgan fingerprint density at radius 3 is 2.78 bits per heavy atom. The van der Waals surface area contributed by atoms with E-state index in [-0.39, 0.29) is 0 Å². The second-order valence-corrected chi connectivity index (χ2v) is 4.87. The molecule has 3 rings (SSSR count). The van der Waals surface area contributed by atoms with Gasteiger partial charge in [0.15, 0.2) is 5.82 Å². The van der Waals surface area contributed by atoms with Crippen LogP contribution in [0, 0.1) is 0 Å². The zero-order chi connectivity index (χ0) is 12.4. The molecule has 0 amide bonds. The first kappa shape index (κ1) is 11.7. The maximum Gasteiger partial charge on any atom is 0.259 e. The van der Waals surface area contributed by atoms with Crippen LogP contribution in [-0.4, -0.2) is 23.2 Å². The number of rotatable bonds is 2. The van der Waals surface area contributed by atoms with Gasteiger partial charge in [0.2, 0.25) is 0 Å². The van der Waals surface area contributed by atoms with Crippen molar-refractivity contribution in [1.29, 1.82) is 0 Å². The molecule has 0 aliphatic carbocycles. The molecule has 94 valence electrons. The molecule has 4 nitrogen and oxygen atoms in total. The fourth-order valence-electron chi connectivity index (χ4n) is 2.22. The van der Waals surface area contributed by atoms with Crippen LogP contribution in [0.4, 0.5) is 0 Å². The van der Waals surface area contributed by atoms with Gasteiger partial charge in [0.25, 0.3) is 5.89 Å². The molecule has 0 spiro atoms. The lowest BCUT2D eigenvalue weighted by Crippen LogP contribution is -2.27. The van der Waals surface area contributed by atoms with Crippen LogP contribution >= 0.6 is 11.6 Å². The minimum atomic E-state index is 0.395. The van der Waals surface area contributed by atoms with Gasteiger partial charge in [-0.25, -0.2) is 0 Å². The van der Waals surface area contributed by atoms with Crippen LogP contribution in [0.1, 0.15) is 24.6 Å². The van der Waals surface area contributed by atoms with Crippen molar-refractivity contribution in [2.75, 3.05) is 13.1 Å². The van der Waals surface area contributed by atoms with Gasteiger partial charge >= 0.3 is 0 Å². The summed E-state index contributed by atoms with van der Waals surface area (Å²) < 4.78 is 5.32. The van der Waals surface area contributed by atoms with Crippen molar-refractivity contribution < 1.29 is 4.52 Å². The Labute approximate surface area is 110 Å². The summed E-state index contributed by atoms with van der Waals surface area (Å²) in [5, 5.41) is 8.05. The van der Waals surface area contributed by atoms with Crippen molar-refractivity contribution in [3.63, 3.8) is 0 Å². The molecule has 1 aromatic heterocycles. The summed E-state index contributed by atoms with van der Waals surface area (Å²) in [6, 6.07) is 7.51. The monoisotopic (exact) mass is 263 g/mol. The number of hydrogen-bond donors (Lipinski definition) is 1. The molecular formula is C13H14ClN3O. The zero-order valence-corrected chi connectivity index (χ0v) is 10.7. The first-order valence-electron chi connectivity index (χ1n) is 6.14. The third-order valence-corrected chi connectivity index (χ3v) is 3.58. The molecule has 0 radical (unpaired) electrons. The fraction of sp³-hybridized carbons (Fsp3) is 0.385. The lowest BCUT2D eigenvalue weighted by Gasteiger charge is -2.18. The molecule has 1 aromatic carbocycles. The number of nitrogens with zero attached hydrogens (tertiary/aromatic N) is 2. The van der Waals surface area contributed by atoms with E-state index in [0.717, 1.165) is 37.3 Å². The Balaban J connectivity index is 1.87. The number of benzene rings is 1. The van der Waals surface area contributed by atoms with E-state index in [1.54, 1.807) is 0 Å². The second-order valence-electron chi connectivity index (χ2n) is 4.46. The molecule has 1 aliphatic heterocycles. The number of piperidine rings is 1. The SMILES string of the molecule is Clc1ccccc1-c1nc(C2CCNCC2)no1. The largest absolute Gasteiger partial charge is 0.334 e. The summed E-state index contributed by atoms with van der Waals surface area (Å²) in [5.41, 5.74) is 0.798. The lowest BCUT2D eigenvalue weighted by atomic mass is 9.98. The van der Waals surface area contributed by atoms with E-state index in [4.69, 9.17) is 16.1 Å². The molecule has 1 saturated heterocycles. The molecule has 1 N–H and O–H groups in total. The predicted molar refractivity (Wildman–Crippen MR) is 69.6 cm³/mol. The van der Waals surface area contributed by atoms with Gasteiger partial charge in [-0.2, -0.15) is 4.98 Å². The third-order valence-electron chi connectivity index (χ3n) is 3.25. The van der Waals surface area contributed by atoms with Gasteiger partial charge in [0, 0.05) is 5.92 Å². The van der Waals surface area contributed by atoms with Crippen LogP contribution in [0.5, 0.6) is 0 Å². The molecule has 5 heteroatoms. The molecule has 0 unspecified atom stereocenters. The smallest absolute Gasteiger partial charge is 0.259 e. The van der Waals surface area contributed by atoms with Gasteiger partial charge in [0.1, 0.15) is 0 Å². The van der Waals surface area contributed by atoms with Gasteiger partial charge < -0.3 is 9.84 Å². The van der Waals surface area contributed by atoms with E-state index in [9.17, 15) is 0 Å². The highest BCUT2D eigenvalue weighted by Crippen LogP contribution is 2.29. The van der Waals surface area contributed by atoms with Crippen molar-refractivity contribution in [3.8, 4) is 11.5 Å². The summed E-state index contributed by atoms with van der Waals surface area (Å²) >= 11 is 6.12. The molecule has 0 atom stereocenters. The topological polar surface area (TPSA) is 51.0 Å². The van der Waals surface area contributed by atoms with Crippen LogP contribution in [0.3, 0.4) is 0 Å². The van der Waals surface area contributed by atoms with Gasteiger partial charge in [-0.1, -0.05) is 28.9 Å². The van der Waals surface area contributed by atoms with E-state index in [1.165, 1.54) is 0 Å². The Hall–Kier alpha value is -1.39. The van der Waals surface area contributed by atoms with Crippen LogP contribution < -0.4 is 5.32 Å². The quantitative estimate of drug-likeness (QED) is 0.905. The van der Waals surface area contributed by atoms with Crippen LogP contribution in [0.15, 0.2) is 28.8 Å². The maximum atomic E-state index is 6.12. The summed E-state index contributed by atoms with van der Waals surface area (Å²) in [5.74, 6) is 1.70. The molecule has 1 aliphatic rings. The summed E-state index contributed by atoms with van der Waals surface area (Å²) in [6.45, 7) is 2.03. The molecule has 1 fully saturated rings. The second kappa shape index (κ2) is 5.08. The molecular weight excluding hydrogens is 250 g/mol. The third kappa shape index (κ3) is 2.26. The summed E-state index contributed by atoms with van der Waals surface area (Å²) in [4.78, 5) is 4.47. The number of halogens is 1. The van der Waals surface area contributed by atoms with Crippen molar-refractivity contribution in [2.24, 2.45) is 0 Å². The first-order valence-corrected chi connectivity index (χ1v) is 6.51. The molecule has 0 saturated carbocycles. The Morgan fingerprint density at radius 1 is 1.22 bits per heavy atom. The summed E-state index contributed by atoms with van der Waals surface area (Å²) in [7, 11) is 0. The van der Waals surface area contributed by atoms with Crippen LogP contribution in [0.25, 0.3) is 11.5 Å². The predicted octanol–water partition coefficient (Wildman–Crippen LogP) is 2.86. The van der Waals surface area contributed by atoms with E-state index < -0.39 is 0 Å². The highest BCUT2D eigenvalue weighted by Gasteiger charge is 2.21. The molecule has 2 aromatic rings. The number of aromatic nitrogens is 2. The molecule has 18 heavy (non-hydrogen) atoms. The van der Waals surface area contributed by atoms with Gasteiger partial charge in [-0.15, -0.1) is 0 Å². The van der Waals surface area contributed by atoms with Crippen molar-refractivity contribution in [3.05, 3.63) is 35.1 Å². The fourth-order valence-corrected chi connectivity index (χ4v) is 2.44. The highest BCUT2D eigenvalue weighted by molar-refractivity contribution is 6.33. The maximum absolute atomic E-state index is 6.12. The Bertz CT molecular complexity index is 535. The van der Waals surface area contributed by atoms with Crippen LogP contribution in [-0.2, 0) is 0 Å². The number of nitrogens with one attached hydrogen (secondary N) is 1. The Kier molecular flexibility index (Phi) is 3.30. The van der Waals surface area contributed by atoms with E-state index >= 15 is 0 Å². The average molecular weight is 264 g/mol. The van der Waals surface area contributed by atoms with Gasteiger partial charge in [-0.3, -0.25) is 0 Å². The van der Waals surface area contributed by atoms with E-state index in [1.807, 2.05) is 24.3 Å². The van der Waals surface area contributed by atoms with E-state index in [0.29, 0.717) is 16.8 Å². The normalized spacial score (nSPS) is 16.9. The minimum Gasteiger partial charge on any atom is -0.334 e. The van der Waals surface area contributed by atoms with Crippen molar-refractivity contribution in [1.82, 2.24) is 15.5 Å².